The lowest BCUT2D eigenvalue weighted by Gasteiger charge is -2.58. The van der Waals surface area contributed by atoms with Gasteiger partial charge >= 0.3 is 0 Å². The van der Waals surface area contributed by atoms with Gasteiger partial charge < -0.3 is 115 Å². The largest absolute Gasteiger partial charge is 0.389 e. The number of fused-ring (bicyclic) bond motifs is 1. The van der Waals surface area contributed by atoms with Gasteiger partial charge in [-0.1, -0.05) is 5.21 Å². The number of nitrogens with two attached hydrogens (primary N) is 6. The molecule has 19 atom stereocenters. The lowest BCUT2D eigenvalue weighted by Crippen LogP contribution is -2.82. The maximum absolute atomic E-state index is 13.0. The molecule has 0 aromatic carbocycles. The van der Waals surface area contributed by atoms with E-state index in [1.54, 1.807) is 11.6 Å². The molecule has 4 saturated heterocycles. The molecule has 31 heteroatoms. The summed E-state index contributed by atoms with van der Waals surface area (Å²) in [5.74, 6) is -2.05. The smallest absolute Gasteiger partial charge is 0.270 e. The fourth-order valence-corrected chi connectivity index (χ4v) is 11.5. The molecule has 3 aromatic heterocycles. The van der Waals surface area contributed by atoms with Crippen molar-refractivity contribution in [2.75, 3.05) is 52.4 Å². The summed E-state index contributed by atoms with van der Waals surface area (Å²) in [5.41, 5.74) is 37.7. The lowest BCUT2D eigenvalue weighted by molar-refractivity contribution is -0.377. The van der Waals surface area contributed by atoms with Crippen LogP contribution >= 0.6 is 22.7 Å². The van der Waals surface area contributed by atoms with Crippen molar-refractivity contribution in [1.29, 1.82) is 0 Å². The SMILES string of the molecule is NCCCCNCCCNC(=O)c1csc(-c2csc(CCNC(=O)CCc3cn(CC4OC(OC5C(O)C(N)CC(N)C5OC5OC(CN)C(O)C(O)C5N)C(O)C4OC45CNC4C(O)C(O)C(CN)O5)nn3)n2)n1. The van der Waals surface area contributed by atoms with Crippen molar-refractivity contribution in [2.24, 2.45) is 34.4 Å². The number of hydrogen-bond acceptors (Lipinski definition) is 28. The Bertz CT molecular complexity index is 2320. The van der Waals surface area contributed by atoms with Crippen LogP contribution in [0.15, 0.2) is 17.0 Å². The summed E-state index contributed by atoms with van der Waals surface area (Å²) in [6, 6.07) is -4.01. The van der Waals surface area contributed by atoms with Gasteiger partial charge in [-0.15, -0.1) is 27.8 Å². The molecule has 19 unspecified atom stereocenters. The van der Waals surface area contributed by atoms with Crippen molar-refractivity contribution < 1.29 is 68.6 Å². The van der Waals surface area contributed by atoms with Crippen LogP contribution in [0.5, 0.6) is 0 Å². The molecule has 1 saturated carbocycles. The van der Waals surface area contributed by atoms with Crippen LogP contribution in [0.1, 0.15) is 53.3 Å². The number of carbonyl (C=O) groups is 2. The monoisotopic (exact) mass is 1110 g/mol. The third-order valence-electron chi connectivity index (χ3n) is 14.3. The topological polar surface area (TPSA) is 472 Å². The number of unbranched alkanes of at least 4 members (excludes halogenated alkanes) is 1. The Balaban J connectivity index is 0.863. The van der Waals surface area contributed by atoms with Gasteiger partial charge in [0.25, 0.3) is 5.91 Å². The number of ether oxygens (including phenoxy) is 6. The summed E-state index contributed by atoms with van der Waals surface area (Å²) in [4.78, 5) is 34.8. The number of aromatic nitrogens is 5. The van der Waals surface area contributed by atoms with E-state index in [0.29, 0.717) is 48.1 Å². The van der Waals surface area contributed by atoms with Gasteiger partial charge in [0.2, 0.25) is 5.91 Å². The van der Waals surface area contributed by atoms with Crippen LogP contribution in [0.2, 0.25) is 0 Å². The first-order chi connectivity index (χ1) is 36.5. The first kappa shape index (κ1) is 58.7. The second kappa shape index (κ2) is 26.7. The molecular formula is C45H75N15O14S2. The number of nitrogens with zero attached hydrogens (tertiary/aromatic N) is 5. The van der Waals surface area contributed by atoms with Gasteiger partial charge in [0.05, 0.1) is 42.0 Å². The average Bonchev–Trinajstić information content (AvgIpc) is 4.24. The fourth-order valence-electron chi connectivity index (χ4n) is 9.89. The minimum atomic E-state index is -1.63. The van der Waals surface area contributed by atoms with E-state index in [1.807, 2.05) is 5.38 Å². The predicted octanol–water partition coefficient (Wildman–Crippen LogP) is -7.26. The molecule has 29 nitrogen and oxygen atoms in total. The van der Waals surface area contributed by atoms with Gasteiger partial charge in [0.1, 0.15) is 83.5 Å². The molecule has 76 heavy (non-hydrogen) atoms. The molecule has 426 valence electrons. The zero-order valence-corrected chi connectivity index (χ0v) is 43.5. The maximum Gasteiger partial charge on any atom is 0.270 e. The number of nitrogens with one attached hydrogen (secondary N) is 4. The molecule has 2 amide bonds. The van der Waals surface area contributed by atoms with Crippen molar-refractivity contribution in [3.8, 4) is 10.7 Å². The van der Waals surface area contributed by atoms with Gasteiger partial charge in [-0.25, -0.2) is 14.6 Å². The average molecular weight is 1110 g/mol. The number of carbonyl (C=O) groups excluding carboxylic acids is 2. The summed E-state index contributed by atoms with van der Waals surface area (Å²) in [5, 5.41) is 92.0. The third-order valence-corrected chi connectivity index (χ3v) is 16.1. The molecule has 0 radical (unpaired) electrons. The van der Waals surface area contributed by atoms with Crippen molar-refractivity contribution in [2.45, 2.75) is 167 Å². The zero-order valence-electron chi connectivity index (χ0n) is 41.9. The summed E-state index contributed by atoms with van der Waals surface area (Å²) in [7, 11) is 0. The standard InChI is InChI=1S/C45H75N15O14S2/c46-7-1-2-8-52-9-3-10-54-41(68)23-17-76-42(57-23)24-18-75-29(56-24)6-11-53-28(61)5-4-20-15-60(59-58-20)16-27-38(74-45-19-55-40(45)35(66)33(64)26(14-48)73-45)36(67)44(70-27)72-39-31(62)21(49)12-22(50)37(39)71-43-30(51)34(65)32(63)25(13-47)69-43/h15,17-18,21-22,25-27,30-40,43-44,52,55,62-67H,1-14,16,19,46-51H2,(H,53,61)(H,54,68). The van der Waals surface area contributed by atoms with Crippen LogP contribution in [0.25, 0.3) is 10.7 Å². The Labute approximate surface area is 446 Å². The number of aliphatic hydroxyl groups is 6. The third kappa shape index (κ3) is 13.6. The fraction of sp³-hybridized carbons (Fsp3) is 0.778. The number of amides is 2. The van der Waals surface area contributed by atoms with E-state index >= 15 is 0 Å². The highest BCUT2D eigenvalue weighted by atomic mass is 32.1. The van der Waals surface area contributed by atoms with Crippen molar-refractivity contribution in [3.63, 3.8) is 0 Å². The van der Waals surface area contributed by atoms with Gasteiger partial charge in [0, 0.05) is 74.5 Å². The van der Waals surface area contributed by atoms with E-state index in [-0.39, 0.29) is 57.3 Å². The Hall–Kier alpha value is -3.46. The zero-order chi connectivity index (χ0) is 54.3. The highest BCUT2D eigenvalue weighted by Crippen LogP contribution is 2.41. The maximum atomic E-state index is 13.0. The highest BCUT2D eigenvalue weighted by Gasteiger charge is 2.64. The molecule has 8 rings (SSSR count). The first-order valence-electron chi connectivity index (χ1n) is 25.8. The van der Waals surface area contributed by atoms with Crippen LogP contribution in [-0.2, 0) is 52.6 Å². The molecule has 7 heterocycles. The Morgan fingerprint density at radius 3 is 2.28 bits per heavy atom. The Morgan fingerprint density at radius 2 is 1.53 bits per heavy atom. The Kier molecular flexibility index (Phi) is 20.6. The van der Waals surface area contributed by atoms with E-state index in [0.717, 1.165) is 37.4 Å². The van der Waals surface area contributed by atoms with Gasteiger partial charge in [-0.05, 0) is 45.3 Å². The van der Waals surface area contributed by atoms with Crippen LogP contribution in [-0.4, -0.2) is 236 Å². The number of thiazole rings is 2. The number of aryl methyl sites for hydroxylation is 1. The van der Waals surface area contributed by atoms with Crippen molar-refractivity contribution >= 4 is 34.5 Å². The van der Waals surface area contributed by atoms with Gasteiger partial charge in [-0.3, -0.25) is 9.59 Å². The lowest BCUT2D eigenvalue weighted by atomic mass is 9.84. The van der Waals surface area contributed by atoms with Crippen LogP contribution in [0.3, 0.4) is 0 Å². The van der Waals surface area contributed by atoms with Crippen molar-refractivity contribution in [1.82, 2.24) is 46.2 Å². The highest BCUT2D eigenvalue weighted by molar-refractivity contribution is 7.14. The van der Waals surface area contributed by atoms with E-state index in [2.05, 4.69) is 41.5 Å². The van der Waals surface area contributed by atoms with Crippen LogP contribution in [0.4, 0.5) is 0 Å². The molecular weight excluding hydrogens is 1040 g/mol. The van der Waals surface area contributed by atoms with Crippen LogP contribution < -0.4 is 55.7 Å². The quantitative estimate of drug-likeness (QED) is 0.0332. The number of aliphatic hydroxyl groups excluding tert-OH is 6. The van der Waals surface area contributed by atoms with E-state index in [1.165, 1.54) is 27.4 Å². The molecule has 1 aliphatic carbocycles. The summed E-state index contributed by atoms with van der Waals surface area (Å²) in [6.07, 6.45) is -13.4. The van der Waals surface area contributed by atoms with Gasteiger partial charge in [0.15, 0.2) is 18.4 Å². The van der Waals surface area contributed by atoms with Gasteiger partial charge in [-0.2, -0.15) is 0 Å². The summed E-state index contributed by atoms with van der Waals surface area (Å²) in [6.45, 7) is 2.83. The molecule has 4 aliphatic heterocycles. The summed E-state index contributed by atoms with van der Waals surface area (Å²) >= 11 is 2.77. The van der Waals surface area contributed by atoms with Crippen LogP contribution in [0, 0.1) is 0 Å². The van der Waals surface area contributed by atoms with E-state index in [4.69, 9.17) is 62.8 Å². The molecule has 5 fully saturated rings. The van der Waals surface area contributed by atoms with Crippen molar-refractivity contribution in [3.05, 3.63) is 33.4 Å². The van der Waals surface area contributed by atoms with E-state index < -0.39 is 116 Å². The first-order valence-corrected chi connectivity index (χ1v) is 27.5. The number of rotatable bonds is 26. The number of hydrogen-bond donors (Lipinski definition) is 16. The molecule has 0 spiro atoms. The molecule has 22 N–H and O–H groups in total. The second-order valence-electron chi connectivity index (χ2n) is 19.8. The molecule has 3 aromatic rings. The predicted molar refractivity (Wildman–Crippen MR) is 270 cm³/mol. The van der Waals surface area contributed by atoms with E-state index in [9.17, 15) is 40.2 Å². The normalized spacial score (nSPS) is 36.4. The molecule has 5 aliphatic rings. The molecule has 0 bridgehead atoms. The minimum absolute atomic E-state index is 0.0393. The summed E-state index contributed by atoms with van der Waals surface area (Å²) < 4.78 is 38.9. The Morgan fingerprint density at radius 1 is 0.776 bits per heavy atom. The minimum Gasteiger partial charge on any atom is -0.389 e. The second-order valence-corrected chi connectivity index (χ2v) is 21.6.